The zero-order valence-corrected chi connectivity index (χ0v) is 13.5. The van der Waals surface area contributed by atoms with Gasteiger partial charge in [0.05, 0.1) is 10.9 Å². The van der Waals surface area contributed by atoms with Crippen LogP contribution in [-0.4, -0.2) is 17.7 Å². The molecule has 1 aromatic heterocycles. The Kier molecular flexibility index (Phi) is 3.88. The van der Waals surface area contributed by atoms with Gasteiger partial charge in [-0.2, -0.15) is 13.2 Å². The molecule has 0 fully saturated rings. The third-order valence-electron chi connectivity index (χ3n) is 4.04. The fourth-order valence-electron chi connectivity index (χ4n) is 2.82. The number of nitrogens with zero attached hydrogens (tertiary/aromatic N) is 1. The van der Waals surface area contributed by atoms with Crippen molar-refractivity contribution in [1.82, 2.24) is 5.48 Å². The molecule has 0 spiro atoms. The summed E-state index contributed by atoms with van der Waals surface area (Å²) >= 11 is 0. The van der Waals surface area contributed by atoms with Gasteiger partial charge in [0.1, 0.15) is 11.3 Å². The number of phenols is 1. The predicted octanol–water partition coefficient (Wildman–Crippen LogP) is 3.42. The first-order chi connectivity index (χ1) is 12.8. The summed E-state index contributed by atoms with van der Waals surface area (Å²) < 4.78 is 45.5. The summed E-state index contributed by atoms with van der Waals surface area (Å²) in [6, 6.07) is 9.22. The summed E-state index contributed by atoms with van der Waals surface area (Å²) in [5.74, 6) is -1.28. The SMILES string of the molecule is O=c1c(-c2ccc(C3=NCON3)cc2)c(C(F)(F)F)oc2cc(O)ccc12. The number of aliphatic imine (C=N–C) groups is 1. The first-order valence-corrected chi connectivity index (χ1v) is 7.74. The molecule has 0 saturated heterocycles. The normalized spacial score (nSPS) is 14.3. The molecule has 6 nitrogen and oxygen atoms in total. The molecule has 2 aromatic carbocycles. The van der Waals surface area contributed by atoms with Crippen LogP contribution in [0.4, 0.5) is 13.2 Å². The van der Waals surface area contributed by atoms with Crippen molar-refractivity contribution in [3.63, 3.8) is 0 Å². The van der Waals surface area contributed by atoms with Crippen LogP contribution in [0.15, 0.2) is 56.7 Å². The molecule has 0 saturated carbocycles. The van der Waals surface area contributed by atoms with Crippen molar-refractivity contribution in [3.8, 4) is 16.9 Å². The minimum atomic E-state index is -4.89. The van der Waals surface area contributed by atoms with Crippen LogP contribution in [0.3, 0.4) is 0 Å². The van der Waals surface area contributed by atoms with Gasteiger partial charge in [-0.15, -0.1) is 0 Å². The molecule has 2 heterocycles. The number of fused-ring (bicyclic) bond motifs is 1. The van der Waals surface area contributed by atoms with E-state index in [1.807, 2.05) is 0 Å². The number of alkyl halides is 3. The highest BCUT2D eigenvalue weighted by Gasteiger charge is 2.39. The summed E-state index contributed by atoms with van der Waals surface area (Å²) in [7, 11) is 0. The van der Waals surface area contributed by atoms with Crippen molar-refractivity contribution < 1.29 is 27.5 Å². The largest absolute Gasteiger partial charge is 0.508 e. The standard InChI is InChI=1S/C18H11F3N2O4/c19-18(20,21)16-14(15(25)12-6-5-11(24)7-13(12)27-16)9-1-3-10(4-2-9)17-22-8-26-23-17/h1-7,24H,8H2,(H,22,23). The van der Waals surface area contributed by atoms with Gasteiger partial charge in [0.2, 0.25) is 11.2 Å². The Morgan fingerprint density at radius 1 is 1.07 bits per heavy atom. The van der Waals surface area contributed by atoms with Gasteiger partial charge in [0, 0.05) is 11.6 Å². The summed E-state index contributed by atoms with van der Waals surface area (Å²) in [6.45, 7) is 0.135. The molecule has 0 aliphatic carbocycles. The molecule has 4 rings (SSSR count). The third kappa shape index (κ3) is 3.02. The zero-order valence-electron chi connectivity index (χ0n) is 13.5. The molecule has 138 valence electrons. The second kappa shape index (κ2) is 6.13. The first-order valence-electron chi connectivity index (χ1n) is 7.74. The Bertz CT molecular complexity index is 1120. The van der Waals surface area contributed by atoms with E-state index < -0.39 is 22.9 Å². The molecular weight excluding hydrogens is 365 g/mol. The van der Waals surface area contributed by atoms with E-state index in [0.29, 0.717) is 11.4 Å². The van der Waals surface area contributed by atoms with E-state index in [1.165, 1.54) is 36.4 Å². The lowest BCUT2D eigenvalue weighted by atomic mass is 10.00. The second-order valence-corrected chi connectivity index (χ2v) is 5.77. The Labute approximate surface area is 149 Å². The van der Waals surface area contributed by atoms with Crippen LogP contribution >= 0.6 is 0 Å². The molecule has 0 atom stereocenters. The summed E-state index contributed by atoms with van der Waals surface area (Å²) in [4.78, 5) is 21.7. The van der Waals surface area contributed by atoms with Gasteiger partial charge in [-0.3, -0.25) is 9.63 Å². The highest BCUT2D eigenvalue weighted by molar-refractivity contribution is 5.99. The van der Waals surface area contributed by atoms with Crippen LogP contribution in [0.1, 0.15) is 11.3 Å². The van der Waals surface area contributed by atoms with Crippen molar-refractivity contribution in [3.05, 3.63) is 64.0 Å². The maximum absolute atomic E-state index is 13.5. The molecule has 1 aliphatic rings. The molecule has 3 aromatic rings. The fraction of sp³-hybridized carbons (Fsp3) is 0.111. The molecule has 0 unspecified atom stereocenters. The average molecular weight is 376 g/mol. The lowest BCUT2D eigenvalue weighted by molar-refractivity contribution is -0.152. The van der Waals surface area contributed by atoms with Crippen LogP contribution in [0.25, 0.3) is 22.1 Å². The van der Waals surface area contributed by atoms with Gasteiger partial charge in [0.25, 0.3) is 0 Å². The van der Waals surface area contributed by atoms with Crippen LogP contribution in [0.5, 0.6) is 5.75 Å². The van der Waals surface area contributed by atoms with E-state index in [-0.39, 0.29) is 29.0 Å². The van der Waals surface area contributed by atoms with Gasteiger partial charge in [-0.25, -0.2) is 10.5 Å². The number of halogens is 3. The topological polar surface area (TPSA) is 84.1 Å². The van der Waals surface area contributed by atoms with Crippen molar-refractivity contribution >= 4 is 16.8 Å². The van der Waals surface area contributed by atoms with E-state index in [2.05, 4.69) is 10.5 Å². The van der Waals surface area contributed by atoms with Crippen molar-refractivity contribution in [1.29, 1.82) is 0 Å². The quantitative estimate of drug-likeness (QED) is 0.716. The Balaban J connectivity index is 1.93. The number of hydroxylamine groups is 1. The number of hydrogen-bond acceptors (Lipinski definition) is 6. The molecule has 0 amide bonds. The third-order valence-corrected chi connectivity index (χ3v) is 4.04. The van der Waals surface area contributed by atoms with Crippen LogP contribution < -0.4 is 10.9 Å². The molecule has 9 heteroatoms. The summed E-state index contributed by atoms with van der Waals surface area (Å²) in [6.07, 6.45) is -4.89. The lowest BCUT2D eigenvalue weighted by Gasteiger charge is -2.13. The summed E-state index contributed by atoms with van der Waals surface area (Å²) in [5, 5.41) is 9.40. The number of nitrogens with one attached hydrogen (secondary N) is 1. The first kappa shape index (κ1) is 17.1. The van der Waals surface area contributed by atoms with Crippen LogP contribution in [0, 0.1) is 0 Å². The van der Waals surface area contributed by atoms with Gasteiger partial charge >= 0.3 is 6.18 Å². The van der Waals surface area contributed by atoms with Crippen LogP contribution in [-0.2, 0) is 11.0 Å². The van der Waals surface area contributed by atoms with Crippen LogP contribution in [0.2, 0.25) is 0 Å². The Morgan fingerprint density at radius 3 is 2.41 bits per heavy atom. The van der Waals surface area contributed by atoms with E-state index >= 15 is 0 Å². The monoisotopic (exact) mass is 376 g/mol. The number of rotatable bonds is 2. The molecule has 1 aliphatic heterocycles. The highest BCUT2D eigenvalue weighted by atomic mass is 19.4. The van der Waals surface area contributed by atoms with E-state index in [9.17, 15) is 23.1 Å². The lowest BCUT2D eigenvalue weighted by Crippen LogP contribution is -2.18. The average Bonchev–Trinajstić information content (AvgIpc) is 3.15. The van der Waals surface area contributed by atoms with Crippen molar-refractivity contribution in [2.75, 3.05) is 6.73 Å². The van der Waals surface area contributed by atoms with E-state index in [4.69, 9.17) is 9.25 Å². The summed E-state index contributed by atoms with van der Waals surface area (Å²) in [5.41, 5.74) is 1.45. The molecular formula is C18H11F3N2O4. The van der Waals surface area contributed by atoms with Gasteiger partial charge in [-0.05, 0) is 17.7 Å². The highest BCUT2D eigenvalue weighted by Crippen LogP contribution is 2.37. The Hall–Kier alpha value is -3.33. The number of phenolic OH excluding ortho intramolecular Hbond substituents is 1. The van der Waals surface area contributed by atoms with Gasteiger partial charge < -0.3 is 9.52 Å². The maximum atomic E-state index is 13.5. The van der Waals surface area contributed by atoms with Gasteiger partial charge in [-0.1, -0.05) is 24.3 Å². The fourth-order valence-corrected chi connectivity index (χ4v) is 2.82. The molecule has 0 radical (unpaired) electrons. The molecule has 2 N–H and O–H groups in total. The number of benzene rings is 2. The van der Waals surface area contributed by atoms with Gasteiger partial charge in [0.15, 0.2) is 12.6 Å². The maximum Gasteiger partial charge on any atom is 0.450 e. The zero-order chi connectivity index (χ0) is 19.2. The van der Waals surface area contributed by atoms with E-state index in [1.54, 1.807) is 0 Å². The minimum absolute atomic E-state index is 0.0503. The number of hydrogen-bond donors (Lipinski definition) is 2. The van der Waals surface area contributed by atoms with Crippen molar-refractivity contribution in [2.24, 2.45) is 4.99 Å². The Morgan fingerprint density at radius 2 is 1.78 bits per heavy atom. The second-order valence-electron chi connectivity index (χ2n) is 5.77. The number of amidine groups is 1. The molecule has 27 heavy (non-hydrogen) atoms. The van der Waals surface area contributed by atoms with E-state index in [0.717, 1.165) is 6.07 Å². The molecule has 0 bridgehead atoms. The smallest absolute Gasteiger partial charge is 0.450 e. The number of aromatic hydroxyl groups is 1. The minimum Gasteiger partial charge on any atom is -0.508 e. The predicted molar refractivity (Wildman–Crippen MR) is 90.2 cm³/mol. The van der Waals surface area contributed by atoms with Crippen molar-refractivity contribution in [2.45, 2.75) is 6.18 Å².